The molecule has 0 saturated heterocycles. The van der Waals surface area contributed by atoms with Crippen molar-refractivity contribution in [1.82, 2.24) is 9.97 Å². The number of aromatic nitrogens is 2. The van der Waals surface area contributed by atoms with Crippen molar-refractivity contribution in [2.24, 2.45) is 5.92 Å². The highest BCUT2D eigenvalue weighted by Gasteiger charge is 2.26. The molecule has 2 aromatic heterocycles. The zero-order valence-electron chi connectivity index (χ0n) is 15.4. The van der Waals surface area contributed by atoms with E-state index in [1.165, 1.54) is 0 Å². The van der Waals surface area contributed by atoms with Crippen molar-refractivity contribution in [3.05, 3.63) is 65.8 Å². The normalized spacial score (nSPS) is 15.9. The summed E-state index contributed by atoms with van der Waals surface area (Å²) >= 11 is 6.13. The predicted molar refractivity (Wildman–Crippen MR) is 113 cm³/mol. The van der Waals surface area contributed by atoms with Gasteiger partial charge in [0.1, 0.15) is 5.82 Å². The third kappa shape index (κ3) is 3.92. The van der Waals surface area contributed by atoms with Gasteiger partial charge in [-0.25, -0.2) is 14.8 Å². The van der Waals surface area contributed by atoms with Crippen molar-refractivity contribution in [3.8, 4) is 11.3 Å². The Balaban J connectivity index is 1.71. The maximum absolute atomic E-state index is 13.0. The van der Waals surface area contributed by atoms with Crippen molar-refractivity contribution in [2.45, 2.75) is 6.92 Å². The Kier molecular flexibility index (Phi) is 5.12. The van der Waals surface area contributed by atoms with Gasteiger partial charge in [-0.3, -0.25) is 10.2 Å². The number of hydrogen-bond acceptors (Lipinski definition) is 4. The zero-order chi connectivity index (χ0) is 19.5. The molecule has 7 heteroatoms. The van der Waals surface area contributed by atoms with E-state index in [1.54, 1.807) is 17.2 Å². The van der Waals surface area contributed by atoms with E-state index in [9.17, 15) is 4.79 Å². The highest BCUT2D eigenvalue weighted by molar-refractivity contribution is 6.30. The molecule has 3 heterocycles. The van der Waals surface area contributed by atoms with Gasteiger partial charge >= 0.3 is 6.03 Å². The fraction of sp³-hybridized carbons (Fsp3) is 0.190. The predicted octanol–water partition coefficient (Wildman–Crippen LogP) is 4.90. The van der Waals surface area contributed by atoms with E-state index in [-0.39, 0.29) is 11.9 Å². The minimum Gasteiger partial charge on any atom is -0.382 e. The van der Waals surface area contributed by atoms with Gasteiger partial charge in [0.15, 0.2) is 5.82 Å². The highest BCUT2D eigenvalue weighted by atomic mass is 35.5. The topological polar surface area (TPSA) is 70.2 Å². The van der Waals surface area contributed by atoms with Crippen molar-refractivity contribution >= 4 is 35.0 Å². The Hall–Kier alpha value is -3.12. The van der Waals surface area contributed by atoms with Crippen LogP contribution in [0.3, 0.4) is 0 Å². The lowest BCUT2D eigenvalue weighted by molar-refractivity contribution is 0.256. The maximum Gasteiger partial charge on any atom is 0.328 e. The Morgan fingerprint density at radius 1 is 1.21 bits per heavy atom. The molecule has 3 aromatic rings. The molecule has 2 N–H and O–H groups in total. The molecule has 142 valence electrons. The van der Waals surface area contributed by atoms with Gasteiger partial charge in [-0.15, -0.1) is 0 Å². The number of amides is 2. The number of fused-ring (bicyclic) bond motifs is 1. The smallest absolute Gasteiger partial charge is 0.328 e. The lowest BCUT2D eigenvalue weighted by atomic mass is 10.1. The van der Waals surface area contributed by atoms with Gasteiger partial charge in [-0.2, -0.15) is 0 Å². The van der Waals surface area contributed by atoms with Crippen LogP contribution in [0, 0.1) is 5.92 Å². The summed E-state index contributed by atoms with van der Waals surface area (Å²) in [5, 5.41) is 6.89. The van der Waals surface area contributed by atoms with E-state index in [1.807, 2.05) is 48.5 Å². The van der Waals surface area contributed by atoms with Gasteiger partial charge < -0.3 is 5.32 Å². The third-order valence-corrected chi connectivity index (χ3v) is 4.77. The van der Waals surface area contributed by atoms with Crippen LogP contribution in [0.2, 0.25) is 5.02 Å². The zero-order valence-corrected chi connectivity index (χ0v) is 16.1. The number of nitrogens with zero attached hydrogens (tertiary/aromatic N) is 3. The maximum atomic E-state index is 13.0. The number of anilines is 3. The molecule has 1 aliphatic heterocycles. The van der Waals surface area contributed by atoms with Crippen LogP contribution in [0.1, 0.15) is 6.92 Å². The first kappa shape index (κ1) is 18.3. The minimum atomic E-state index is -0.258. The monoisotopic (exact) mass is 393 g/mol. The van der Waals surface area contributed by atoms with E-state index in [0.29, 0.717) is 23.2 Å². The van der Waals surface area contributed by atoms with Crippen LogP contribution in [-0.4, -0.2) is 29.1 Å². The van der Waals surface area contributed by atoms with E-state index >= 15 is 0 Å². The molecule has 2 amide bonds. The molecular formula is C21H20ClN5O. The molecule has 1 aliphatic rings. The Bertz CT molecular complexity index is 995. The number of pyridine rings is 2. The second kappa shape index (κ2) is 7.86. The van der Waals surface area contributed by atoms with E-state index in [0.717, 1.165) is 23.5 Å². The number of nitrogens with one attached hydrogen (secondary N) is 2. The molecular weight excluding hydrogens is 374 g/mol. The number of urea groups is 1. The molecule has 0 saturated carbocycles. The van der Waals surface area contributed by atoms with Gasteiger partial charge in [0.05, 0.1) is 11.4 Å². The Morgan fingerprint density at radius 3 is 2.89 bits per heavy atom. The lowest BCUT2D eigenvalue weighted by Crippen LogP contribution is -2.38. The fourth-order valence-corrected chi connectivity index (χ4v) is 3.33. The van der Waals surface area contributed by atoms with Gasteiger partial charge in [0.25, 0.3) is 0 Å². The molecule has 4 rings (SSSR count). The number of carbonyl (C=O) groups is 1. The SMILES string of the molecule is C[C@@H]1CNc2ccc(-c3cccc(Cl)c3)nc2N(C(=O)Nc2ccccn2)C1. The average molecular weight is 394 g/mol. The summed E-state index contributed by atoms with van der Waals surface area (Å²) in [5.41, 5.74) is 2.48. The molecule has 1 aromatic carbocycles. The number of hydrogen-bond donors (Lipinski definition) is 2. The van der Waals surface area contributed by atoms with Crippen LogP contribution in [0.25, 0.3) is 11.3 Å². The molecule has 0 radical (unpaired) electrons. The molecule has 28 heavy (non-hydrogen) atoms. The summed E-state index contributed by atoms with van der Waals surface area (Å²) in [4.78, 5) is 23.7. The lowest BCUT2D eigenvalue weighted by Gasteiger charge is -2.23. The summed E-state index contributed by atoms with van der Waals surface area (Å²) in [6, 6.07) is 16.6. The van der Waals surface area contributed by atoms with E-state index in [2.05, 4.69) is 22.5 Å². The molecule has 6 nitrogen and oxygen atoms in total. The minimum absolute atomic E-state index is 0.258. The van der Waals surface area contributed by atoms with Crippen molar-refractivity contribution < 1.29 is 4.79 Å². The summed E-state index contributed by atoms with van der Waals surface area (Å²) < 4.78 is 0. The summed E-state index contributed by atoms with van der Waals surface area (Å²) in [6.07, 6.45) is 1.64. The fourth-order valence-electron chi connectivity index (χ4n) is 3.14. The van der Waals surface area contributed by atoms with Gasteiger partial charge in [-0.1, -0.05) is 36.7 Å². The number of halogens is 1. The molecule has 0 spiro atoms. The van der Waals surface area contributed by atoms with Crippen LogP contribution in [0.4, 0.5) is 22.1 Å². The number of benzene rings is 1. The van der Waals surface area contributed by atoms with Gasteiger partial charge in [0, 0.05) is 29.9 Å². The Labute approximate surface area is 168 Å². The van der Waals surface area contributed by atoms with E-state index < -0.39 is 0 Å². The number of rotatable bonds is 2. The average Bonchev–Trinajstić information content (AvgIpc) is 2.87. The summed E-state index contributed by atoms with van der Waals surface area (Å²) in [7, 11) is 0. The second-order valence-corrected chi connectivity index (χ2v) is 7.26. The van der Waals surface area contributed by atoms with Crippen LogP contribution < -0.4 is 15.5 Å². The summed E-state index contributed by atoms with van der Waals surface area (Å²) in [6.45, 7) is 3.40. The van der Waals surface area contributed by atoms with Crippen LogP contribution >= 0.6 is 11.6 Å². The molecule has 0 fully saturated rings. The van der Waals surface area contributed by atoms with Gasteiger partial charge in [-0.05, 0) is 42.3 Å². The molecule has 0 bridgehead atoms. The van der Waals surface area contributed by atoms with E-state index in [4.69, 9.17) is 16.6 Å². The Morgan fingerprint density at radius 2 is 2.11 bits per heavy atom. The first-order valence-electron chi connectivity index (χ1n) is 9.10. The molecule has 0 unspecified atom stereocenters. The van der Waals surface area contributed by atoms with Crippen molar-refractivity contribution in [1.29, 1.82) is 0 Å². The molecule has 1 atom stereocenters. The summed E-state index contributed by atoms with van der Waals surface area (Å²) in [5.74, 6) is 1.36. The van der Waals surface area contributed by atoms with Crippen molar-refractivity contribution in [2.75, 3.05) is 28.6 Å². The van der Waals surface area contributed by atoms with Gasteiger partial charge in [0.2, 0.25) is 0 Å². The quantitative estimate of drug-likeness (QED) is 0.649. The van der Waals surface area contributed by atoms with Crippen LogP contribution in [0.5, 0.6) is 0 Å². The van der Waals surface area contributed by atoms with Crippen LogP contribution in [-0.2, 0) is 0 Å². The first-order chi connectivity index (χ1) is 13.6. The highest BCUT2D eigenvalue weighted by Crippen LogP contribution is 2.32. The third-order valence-electron chi connectivity index (χ3n) is 4.53. The molecule has 0 aliphatic carbocycles. The first-order valence-corrected chi connectivity index (χ1v) is 9.48. The van der Waals surface area contributed by atoms with Crippen LogP contribution in [0.15, 0.2) is 60.8 Å². The number of carbonyl (C=O) groups excluding carboxylic acids is 1. The standard InChI is InChI=1S/C21H20ClN5O/c1-14-12-24-18-9-8-17(15-5-4-6-16(22)11-15)25-20(18)27(13-14)21(28)26-19-7-2-3-10-23-19/h2-11,14,24H,12-13H2,1H3,(H,23,26,28)/t14-/m1/s1. The largest absolute Gasteiger partial charge is 0.382 e. The van der Waals surface area contributed by atoms with Crippen molar-refractivity contribution in [3.63, 3.8) is 0 Å². The second-order valence-electron chi connectivity index (χ2n) is 6.82.